The van der Waals surface area contributed by atoms with Crippen molar-refractivity contribution in [3.05, 3.63) is 33.8 Å². The minimum absolute atomic E-state index is 0.431. The van der Waals surface area contributed by atoms with Gasteiger partial charge in [0.25, 0.3) is 5.78 Å². The van der Waals surface area contributed by atoms with Crippen LogP contribution in [-0.2, 0) is 4.79 Å². The number of hydrogen-bond acceptors (Lipinski definition) is 2. The van der Waals surface area contributed by atoms with Crippen LogP contribution in [0.25, 0.3) is 0 Å². The normalized spacial score (nSPS) is 9.93. The molecular weight excluding hydrogens is 262 g/mol. The second-order valence-electron chi connectivity index (χ2n) is 2.39. The number of carbonyl (C=O) groups excluding carboxylic acids is 1. The maximum atomic E-state index is 12.8. The first kappa shape index (κ1) is 10.8. The number of ketones is 1. The summed E-state index contributed by atoms with van der Waals surface area (Å²) in [5, 5.41) is 8.28. The van der Waals surface area contributed by atoms with Crippen molar-refractivity contribution >= 4 is 27.7 Å². The van der Waals surface area contributed by atoms with E-state index in [1.54, 1.807) is 0 Å². The first-order valence-electron chi connectivity index (χ1n) is 3.35. The van der Waals surface area contributed by atoms with Gasteiger partial charge in [-0.25, -0.2) is 13.6 Å². The summed E-state index contributed by atoms with van der Waals surface area (Å²) >= 11 is 2.59. The Bertz CT molecular complexity index is 394. The van der Waals surface area contributed by atoms with Gasteiger partial charge in [-0.1, -0.05) is 0 Å². The number of Topliss-reactive ketones (excluding diaryl/α,β-unsaturated/α-hetero) is 1. The van der Waals surface area contributed by atoms with E-state index in [0.717, 1.165) is 0 Å². The SMILES string of the molecule is O=C(O)C(=O)c1cc(F)c(Br)c(F)c1. The Labute approximate surface area is 85.5 Å². The molecule has 1 rings (SSSR count). The number of carbonyl (C=O) groups is 2. The van der Waals surface area contributed by atoms with E-state index in [4.69, 9.17) is 5.11 Å². The van der Waals surface area contributed by atoms with Crippen LogP contribution >= 0.6 is 15.9 Å². The van der Waals surface area contributed by atoms with Crippen LogP contribution in [-0.4, -0.2) is 16.9 Å². The molecule has 0 spiro atoms. The largest absolute Gasteiger partial charge is 0.475 e. The Kier molecular flexibility index (Phi) is 2.95. The number of carboxylic acid groups (broad SMARTS) is 1. The standard InChI is InChI=1S/C8H3BrF2O3/c9-6-4(10)1-3(2-5(6)11)7(12)8(13)14/h1-2H,(H,13,14). The fourth-order valence-electron chi connectivity index (χ4n) is 0.810. The Balaban J connectivity index is 3.26. The van der Waals surface area contributed by atoms with Crippen molar-refractivity contribution in [3.8, 4) is 0 Å². The summed E-state index contributed by atoms with van der Waals surface area (Å²) in [4.78, 5) is 21.0. The highest BCUT2D eigenvalue weighted by Crippen LogP contribution is 2.21. The molecule has 0 amide bonds. The summed E-state index contributed by atoms with van der Waals surface area (Å²) < 4.78 is 25.2. The van der Waals surface area contributed by atoms with Gasteiger partial charge in [-0.05, 0) is 28.1 Å². The molecule has 0 aliphatic carbocycles. The van der Waals surface area contributed by atoms with Crippen LogP contribution in [0, 0.1) is 11.6 Å². The highest BCUT2D eigenvalue weighted by molar-refractivity contribution is 9.10. The summed E-state index contributed by atoms with van der Waals surface area (Å²) in [5.41, 5.74) is -0.532. The molecule has 0 radical (unpaired) electrons. The molecule has 0 atom stereocenters. The molecule has 0 heterocycles. The van der Waals surface area contributed by atoms with Gasteiger partial charge in [0.2, 0.25) is 0 Å². The zero-order valence-electron chi connectivity index (χ0n) is 6.55. The van der Waals surface area contributed by atoms with Gasteiger partial charge >= 0.3 is 5.97 Å². The fraction of sp³-hybridized carbons (Fsp3) is 0. The van der Waals surface area contributed by atoms with Gasteiger partial charge in [0, 0.05) is 5.56 Å². The Morgan fingerprint density at radius 1 is 1.21 bits per heavy atom. The van der Waals surface area contributed by atoms with Gasteiger partial charge in [-0.15, -0.1) is 0 Å². The van der Waals surface area contributed by atoms with Crippen molar-refractivity contribution in [2.24, 2.45) is 0 Å². The number of hydrogen-bond donors (Lipinski definition) is 1. The van der Waals surface area contributed by atoms with E-state index in [2.05, 4.69) is 15.9 Å². The molecule has 0 bridgehead atoms. The molecule has 1 aromatic rings. The number of benzene rings is 1. The molecule has 1 aromatic carbocycles. The van der Waals surface area contributed by atoms with Crippen LogP contribution in [0.15, 0.2) is 16.6 Å². The molecule has 14 heavy (non-hydrogen) atoms. The third-order valence-corrected chi connectivity index (χ3v) is 2.20. The maximum Gasteiger partial charge on any atom is 0.377 e. The smallest absolute Gasteiger partial charge is 0.377 e. The zero-order chi connectivity index (χ0) is 10.9. The molecule has 0 aliphatic rings. The van der Waals surface area contributed by atoms with Gasteiger partial charge in [-0.2, -0.15) is 0 Å². The Morgan fingerprint density at radius 2 is 1.64 bits per heavy atom. The lowest BCUT2D eigenvalue weighted by Crippen LogP contribution is -2.13. The van der Waals surface area contributed by atoms with Crippen LogP contribution in [0.5, 0.6) is 0 Å². The number of aliphatic carboxylic acids is 1. The lowest BCUT2D eigenvalue weighted by molar-refractivity contribution is -0.131. The minimum Gasteiger partial charge on any atom is -0.475 e. The quantitative estimate of drug-likeness (QED) is 0.505. The maximum absolute atomic E-state index is 12.8. The molecular formula is C8H3BrF2O3. The molecule has 0 saturated carbocycles. The van der Waals surface area contributed by atoms with E-state index < -0.39 is 33.4 Å². The summed E-state index contributed by atoms with van der Waals surface area (Å²) in [6, 6.07) is 1.31. The molecule has 1 N–H and O–H groups in total. The van der Waals surface area contributed by atoms with Gasteiger partial charge in [0.1, 0.15) is 11.6 Å². The highest BCUT2D eigenvalue weighted by Gasteiger charge is 2.18. The molecule has 0 saturated heterocycles. The zero-order valence-corrected chi connectivity index (χ0v) is 8.14. The highest BCUT2D eigenvalue weighted by atomic mass is 79.9. The van der Waals surface area contributed by atoms with Crippen LogP contribution < -0.4 is 0 Å². The van der Waals surface area contributed by atoms with Crippen molar-refractivity contribution in [3.63, 3.8) is 0 Å². The lowest BCUT2D eigenvalue weighted by Gasteiger charge is -1.99. The summed E-state index contributed by atoms with van der Waals surface area (Å²) in [5.74, 6) is -5.15. The monoisotopic (exact) mass is 264 g/mol. The van der Waals surface area contributed by atoms with E-state index in [0.29, 0.717) is 12.1 Å². The lowest BCUT2D eigenvalue weighted by atomic mass is 10.1. The first-order valence-corrected chi connectivity index (χ1v) is 4.15. The average molecular weight is 265 g/mol. The van der Waals surface area contributed by atoms with Crippen molar-refractivity contribution in [1.82, 2.24) is 0 Å². The van der Waals surface area contributed by atoms with Crippen molar-refractivity contribution in [1.29, 1.82) is 0 Å². The fourth-order valence-corrected chi connectivity index (χ4v) is 1.04. The van der Waals surface area contributed by atoms with Crippen molar-refractivity contribution < 1.29 is 23.5 Å². The summed E-state index contributed by atoms with van der Waals surface area (Å²) in [7, 11) is 0. The molecule has 0 aromatic heterocycles. The minimum atomic E-state index is -1.76. The van der Waals surface area contributed by atoms with Crippen LogP contribution in [0.4, 0.5) is 8.78 Å². The van der Waals surface area contributed by atoms with Gasteiger partial charge in [-0.3, -0.25) is 4.79 Å². The van der Waals surface area contributed by atoms with Gasteiger partial charge in [0.15, 0.2) is 0 Å². The first-order chi connectivity index (χ1) is 6.43. The number of halogens is 3. The van der Waals surface area contributed by atoms with Gasteiger partial charge < -0.3 is 5.11 Å². The number of carboxylic acids is 1. The van der Waals surface area contributed by atoms with E-state index in [9.17, 15) is 18.4 Å². The third-order valence-electron chi connectivity index (χ3n) is 1.44. The molecule has 0 fully saturated rings. The van der Waals surface area contributed by atoms with E-state index in [-0.39, 0.29) is 0 Å². The van der Waals surface area contributed by atoms with E-state index in [1.807, 2.05) is 0 Å². The predicted molar refractivity (Wildman–Crippen MR) is 46.0 cm³/mol. The topological polar surface area (TPSA) is 54.4 Å². The Hall–Kier alpha value is -1.30. The van der Waals surface area contributed by atoms with Crippen LogP contribution in [0.1, 0.15) is 10.4 Å². The molecule has 6 heteroatoms. The third kappa shape index (κ3) is 1.95. The second-order valence-corrected chi connectivity index (χ2v) is 3.18. The number of rotatable bonds is 2. The predicted octanol–water partition coefficient (Wildman–Crippen LogP) is 1.99. The van der Waals surface area contributed by atoms with Crippen molar-refractivity contribution in [2.75, 3.05) is 0 Å². The molecule has 0 aliphatic heterocycles. The van der Waals surface area contributed by atoms with Crippen LogP contribution in [0.2, 0.25) is 0 Å². The van der Waals surface area contributed by atoms with Crippen LogP contribution in [0.3, 0.4) is 0 Å². The molecule has 0 unspecified atom stereocenters. The molecule has 3 nitrogen and oxygen atoms in total. The van der Waals surface area contributed by atoms with Gasteiger partial charge in [0.05, 0.1) is 4.47 Å². The van der Waals surface area contributed by atoms with Crippen molar-refractivity contribution in [2.45, 2.75) is 0 Å². The second kappa shape index (κ2) is 3.83. The Morgan fingerprint density at radius 3 is 2.00 bits per heavy atom. The van der Waals surface area contributed by atoms with E-state index >= 15 is 0 Å². The summed E-state index contributed by atoms with van der Waals surface area (Å²) in [6.07, 6.45) is 0. The average Bonchev–Trinajstić information content (AvgIpc) is 2.12. The summed E-state index contributed by atoms with van der Waals surface area (Å²) in [6.45, 7) is 0. The molecule has 74 valence electrons. The van der Waals surface area contributed by atoms with E-state index in [1.165, 1.54) is 0 Å².